The number of aromatic nitrogens is 2. The molecule has 0 radical (unpaired) electrons. The Kier molecular flexibility index (Phi) is 4.74. The van der Waals surface area contributed by atoms with Gasteiger partial charge in [-0.05, 0) is 42.7 Å². The summed E-state index contributed by atoms with van der Waals surface area (Å²) in [6.45, 7) is 6.75. The number of nitrogens with zero attached hydrogens (tertiary/aromatic N) is 2. The zero-order valence-corrected chi connectivity index (χ0v) is 14.8. The van der Waals surface area contributed by atoms with Gasteiger partial charge in [-0.15, -0.1) is 0 Å². The molecule has 0 spiro atoms. The van der Waals surface area contributed by atoms with E-state index in [4.69, 9.17) is 0 Å². The molecular formula is C20H23N3O2. The molecule has 0 atom stereocenters. The molecule has 25 heavy (non-hydrogen) atoms. The molecule has 1 aromatic heterocycles. The first kappa shape index (κ1) is 17.0. The third-order valence-corrected chi connectivity index (χ3v) is 4.40. The third-order valence-electron chi connectivity index (χ3n) is 4.40. The van der Waals surface area contributed by atoms with Crippen LogP contribution in [0.4, 0.5) is 5.69 Å². The van der Waals surface area contributed by atoms with Gasteiger partial charge >= 0.3 is 5.69 Å². The number of para-hydroxylation sites is 2. The highest BCUT2D eigenvalue weighted by Gasteiger charge is 2.14. The zero-order chi connectivity index (χ0) is 18.0. The van der Waals surface area contributed by atoms with Crippen LogP contribution in [-0.2, 0) is 17.9 Å². The van der Waals surface area contributed by atoms with E-state index >= 15 is 0 Å². The Balaban J connectivity index is 1.83. The number of anilines is 1. The molecular weight excluding hydrogens is 314 g/mol. The molecule has 0 saturated carbocycles. The maximum absolute atomic E-state index is 12.6. The molecule has 0 bridgehead atoms. The summed E-state index contributed by atoms with van der Waals surface area (Å²) in [5, 5.41) is 2.87. The minimum absolute atomic E-state index is 0.00171. The van der Waals surface area contributed by atoms with Crippen LogP contribution in [0.3, 0.4) is 0 Å². The summed E-state index contributed by atoms with van der Waals surface area (Å²) in [7, 11) is 0. The van der Waals surface area contributed by atoms with Gasteiger partial charge in [-0.3, -0.25) is 13.9 Å². The molecule has 0 fully saturated rings. The first-order valence-electron chi connectivity index (χ1n) is 8.59. The van der Waals surface area contributed by atoms with Crippen molar-refractivity contribution in [3.63, 3.8) is 0 Å². The number of hydrogen-bond donors (Lipinski definition) is 1. The molecule has 1 amide bonds. The van der Waals surface area contributed by atoms with Gasteiger partial charge in [-0.25, -0.2) is 4.79 Å². The van der Waals surface area contributed by atoms with Crippen molar-refractivity contribution in [2.24, 2.45) is 0 Å². The van der Waals surface area contributed by atoms with Gasteiger partial charge in [-0.2, -0.15) is 0 Å². The number of amides is 1. The Morgan fingerprint density at radius 1 is 1.00 bits per heavy atom. The van der Waals surface area contributed by atoms with Crippen molar-refractivity contribution >= 4 is 22.6 Å². The van der Waals surface area contributed by atoms with Crippen LogP contribution in [0.5, 0.6) is 0 Å². The fraction of sp³-hybridized carbons (Fsp3) is 0.300. The zero-order valence-electron chi connectivity index (χ0n) is 14.8. The minimum atomic E-state index is -0.210. The molecule has 0 unspecified atom stereocenters. The number of benzene rings is 2. The van der Waals surface area contributed by atoms with Gasteiger partial charge in [0.15, 0.2) is 0 Å². The second-order valence-corrected chi connectivity index (χ2v) is 6.43. The van der Waals surface area contributed by atoms with Gasteiger partial charge in [0.2, 0.25) is 5.91 Å². The Hall–Kier alpha value is -2.82. The molecule has 5 nitrogen and oxygen atoms in total. The quantitative estimate of drug-likeness (QED) is 0.773. The van der Waals surface area contributed by atoms with Gasteiger partial charge in [-0.1, -0.05) is 38.1 Å². The number of nitrogens with one attached hydrogen (secondary N) is 1. The maximum Gasteiger partial charge on any atom is 0.329 e. The monoisotopic (exact) mass is 337 g/mol. The largest absolute Gasteiger partial charge is 0.329 e. The predicted molar refractivity (Wildman–Crippen MR) is 101 cm³/mol. The van der Waals surface area contributed by atoms with Crippen LogP contribution in [0.1, 0.15) is 32.3 Å². The van der Waals surface area contributed by atoms with E-state index in [2.05, 4.69) is 19.2 Å². The molecule has 0 aliphatic rings. The van der Waals surface area contributed by atoms with Gasteiger partial charge < -0.3 is 5.32 Å². The average Bonchev–Trinajstić information content (AvgIpc) is 2.87. The van der Waals surface area contributed by atoms with Crippen LogP contribution in [0, 0.1) is 0 Å². The summed E-state index contributed by atoms with van der Waals surface area (Å²) in [6.07, 6.45) is 0. The molecule has 0 aliphatic carbocycles. The van der Waals surface area contributed by atoms with Crippen LogP contribution in [0.25, 0.3) is 11.0 Å². The fourth-order valence-electron chi connectivity index (χ4n) is 3.03. The van der Waals surface area contributed by atoms with Gasteiger partial charge in [0.1, 0.15) is 6.54 Å². The second-order valence-electron chi connectivity index (χ2n) is 6.43. The molecule has 3 rings (SSSR count). The predicted octanol–water partition coefficient (Wildman–Crippen LogP) is 3.59. The van der Waals surface area contributed by atoms with Crippen molar-refractivity contribution < 1.29 is 4.79 Å². The molecule has 2 aromatic carbocycles. The maximum atomic E-state index is 12.6. The van der Waals surface area contributed by atoms with Crippen LogP contribution in [0.15, 0.2) is 53.3 Å². The highest BCUT2D eigenvalue weighted by atomic mass is 16.2. The van der Waals surface area contributed by atoms with E-state index in [-0.39, 0.29) is 18.1 Å². The third kappa shape index (κ3) is 3.36. The van der Waals surface area contributed by atoms with Crippen molar-refractivity contribution in [2.75, 3.05) is 5.32 Å². The highest BCUT2D eigenvalue weighted by Crippen LogP contribution is 2.17. The molecule has 1 heterocycles. The van der Waals surface area contributed by atoms with Crippen LogP contribution in [0.2, 0.25) is 0 Å². The van der Waals surface area contributed by atoms with E-state index in [1.807, 2.05) is 55.5 Å². The second kappa shape index (κ2) is 6.97. The lowest BCUT2D eigenvalue weighted by atomic mass is 10.0. The topological polar surface area (TPSA) is 56.0 Å². The van der Waals surface area contributed by atoms with Crippen molar-refractivity contribution in [1.82, 2.24) is 9.13 Å². The first-order chi connectivity index (χ1) is 12.0. The van der Waals surface area contributed by atoms with Crippen LogP contribution >= 0.6 is 0 Å². The van der Waals surface area contributed by atoms with Crippen molar-refractivity contribution in [3.8, 4) is 0 Å². The van der Waals surface area contributed by atoms with Gasteiger partial charge in [0.25, 0.3) is 0 Å². The summed E-state index contributed by atoms with van der Waals surface area (Å²) in [5.41, 5.74) is 3.43. The number of rotatable bonds is 5. The van der Waals surface area contributed by atoms with Gasteiger partial charge in [0, 0.05) is 12.2 Å². The Morgan fingerprint density at radius 3 is 2.16 bits per heavy atom. The summed E-state index contributed by atoms with van der Waals surface area (Å²) < 4.78 is 3.21. The minimum Gasteiger partial charge on any atom is -0.325 e. The molecule has 5 heteroatoms. The number of fused-ring (bicyclic) bond motifs is 1. The highest BCUT2D eigenvalue weighted by molar-refractivity contribution is 5.91. The normalized spacial score (nSPS) is 11.2. The lowest BCUT2D eigenvalue weighted by Crippen LogP contribution is -2.29. The molecule has 130 valence electrons. The SMILES string of the molecule is CCn1c(=O)n(CC(=O)Nc2ccc(C(C)C)cc2)c2ccccc21. The Bertz CT molecular complexity index is 949. The first-order valence-corrected chi connectivity index (χ1v) is 8.59. The summed E-state index contributed by atoms with van der Waals surface area (Å²) in [6, 6.07) is 15.4. The lowest BCUT2D eigenvalue weighted by Gasteiger charge is -2.09. The Labute approximate surface area is 146 Å². The number of hydrogen-bond acceptors (Lipinski definition) is 2. The summed E-state index contributed by atoms with van der Waals surface area (Å²) in [4.78, 5) is 25.0. The number of imidazole rings is 1. The van der Waals surface area contributed by atoms with Gasteiger partial charge in [0.05, 0.1) is 11.0 Å². The molecule has 0 saturated heterocycles. The van der Waals surface area contributed by atoms with E-state index in [0.717, 1.165) is 16.7 Å². The van der Waals surface area contributed by atoms with Crippen molar-refractivity contribution in [2.45, 2.75) is 39.8 Å². The number of carbonyl (C=O) groups is 1. The standard InChI is InChI=1S/C20H23N3O2/c1-4-22-17-7-5-6-8-18(17)23(20(22)25)13-19(24)21-16-11-9-15(10-12-16)14(2)3/h5-12,14H,4,13H2,1-3H3,(H,21,24). The number of carbonyl (C=O) groups excluding carboxylic acids is 1. The van der Waals surface area contributed by atoms with E-state index < -0.39 is 0 Å². The van der Waals surface area contributed by atoms with Crippen LogP contribution < -0.4 is 11.0 Å². The molecule has 0 aliphatic heterocycles. The molecule has 1 N–H and O–H groups in total. The van der Waals surface area contributed by atoms with Crippen molar-refractivity contribution in [1.29, 1.82) is 0 Å². The molecule has 3 aromatic rings. The van der Waals surface area contributed by atoms with Crippen molar-refractivity contribution in [3.05, 3.63) is 64.6 Å². The number of aryl methyl sites for hydroxylation is 1. The average molecular weight is 337 g/mol. The summed E-state index contributed by atoms with van der Waals surface area (Å²) >= 11 is 0. The van der Waals surface area contributed by atoms with Crippen LogP contribution in [-0.4, -0.2) is 15.0 Å². The lowest BCUT2D eigenvalue weighted by molar-refractivity contribution is -0.116. The van der Waals surface area contributed by atoms with E-state index in [0.29, 0.717) is 12.5 Å². The van der Waals surface area contributed by atoms with E-state index in [9.17, 15) is 9.59 Å². The Morgan fingerprint density at radius 2 is 1.60 bits per heavy atom. The summed E-state index contributed by atoms with van der Waals surface area (Å²) in [5.74, 6) is 0.238. The fourth-order valence-corrected chi connectivity index (χ4v) is 3.03. The van der Waals surface area contributed by atoms with E-state index in [1.165, 1.54) is 10.1 Å². The smallest absolute Gasteiger partial charge is 0.325 e. The van der Waals surface area contributed by atoms with E-state index in [1.54, 1.807) is 4.57 Å².